The van der Waals surface area contributed by atoms with Gasteiger partial charge in [-0.3, -0.25) is 0 Å². The highest BCUT2D eigenvalue weighted by atomic mass is 35.5. The van der Waals surface area contributed by atoms with Gasteiger partial charge in [0, 0.05) is 12.2 Å². The Labute approximate surface area is 129 Å². The normalized spacial score (nSPS) is 14.0. The van der Waals surface area contributed by atoms with Crippen LogP contribution in [0.3, 0.4) is 0 Å². The third-order valence-corrected chi connectivity index (χ3v) is 5.04. The highest BCUT2D eigenvalue weighted by Crippen LogP contribution is 2.39. The van der Waals surface area contributed by atoms with Crippen LogP contribution in [-0.4, -0.2) is 11.0 Å². The van der Waals surface area contributed by atoms with Crippen molar-refractivity contribution in [3.8, 4) is 0 Å². The van der Waals surface area contributed by atoms with Crippen molar-refractivity contribution in [2.24, 2.45) is 5.73 Å². The van der Waals surface area contributed by atoms with Crippen LogP contribution in [-0.2, 0) is 0 Å². The van der Waals surface area contributed by atoms with Gasteiger partial charge in [0.25, 0.3) is 0 Å². The van der Waals surface area contributed by atoms with Crippen LogP contribution in [0.2, 0.25) is 5.02 Å². The third-order valence-electron chi connectivity index (χ3n) is 3.19. The fraction of sp³-hybridized carbons (Fsp3) is 0.312. The van der Waals surface area contributed by atoms with Crippen molar-refractivity contribution in [1.29, 1.82) is 0 Å². The Kier molecular flexibility index (Phi) is 5.46. The number of hydrogen-bond acceptors (Lipinski definition) is 3. The molecule has 2 nitrogen and oxygen atoms in total. The standard InChI is InChI=1S/C16H19ClN2S/c1-3-14(18)15(12-7-4-6-11(2)10-12)20-16-13(17)8-5-9-19-16/h4-10,14-15H,3,18H2,1-2H3. The van der Waals surface area contributed by atoms with Crippen LogP contribution in [0.25, 0.3) is 0 Å². The lowest BCUT2D eigenvalue weighted by Gasteiger charge is -2.23. The molecule has 1 aromatic carbocycles. The van der Waals surface area contributed by atoms with Gasteiger partial charge >= 0.3 is 0 Å². The molecule has 0 bridgehead atoms. The van der Waals surface area contributed by atoms with Gasteiger partial charge in [0.15, 0.2) is 0 Å². The SMILES string of the molecule is CCC(N)C(Sc1ncccc1Cl)c1cccc(C)c1. The molecule has 0 saturated carbocycles. The second-order valence-electron chi connectivity index (χ2n) is 4.82. The second-order valence-corrected chi connectivity index (χ2v) is 6.35. The molecular formula is C16H19ClN2S. The van der Waals surface area contributed by atoms with E-state index in [4.69, 9.17) is 17.3 Å². The first-order valence-electron chi connectivity index (χ1n) is 6.71. The number of hydrogen-bond donors (Lipinski definition) is 1. The molecule has 2 atom stereocenters. The van der Waals surface area contributed by atoms with E-state index < -0.39 is 0 Å². The fourth-order valence-corrected chi connectivity index (χ4v) is 3.49. The third kappa shape index (κ3) is 3.75. The monoisotopic (exact) mass is 306 g/mol. The predicted molar refractivity (Wildman–Crippen MR) is 87.3 cm³/mol. The summed E-state index contributed by atoms with van der Waals surface area (Å²) >= 11 is 7.85. The van der Waals surface area contributed by atoms with E-state index in [9.17, 15) is 0 Å². The minimum atomic E-state index is 0.0693. The van der Waals surface area contributed by atoms with Gasteiger partial charge in [-0.2, -0.15) is 0 Å². The summed E-state index contributed by atoms with van der Waals surface area (Å²) in [6, 6.07) is 12.2. The van der Waals surface area contributed by atoms with E-state index in [1.807, 2.05) is 12.1 Å². The molecule has 106 valence electrons. The quantitative estimate of drug-likeness (QED) is 0.820. The van der Waals surface area contributed by atoms with Crippen molar-refractivity contribution in [2.75, 3.05) is 0 Å². The first-order valence-corrected chi connectivity index (χ1v) is 7.97. The molecule has 0 spiro atoms. The zero-order valence-electron chi connectivity index (χ0n) is 11.7. The van der Waals surface area contributed by atoms with Crippen molar-refractivity contribution < 1.29 is 0 Å². The molecule has 20 heavy (non-hydrogen) atoms. The minimum absolute atomic E-state index is 0.0693. The van der Waals surface area contributed by atoms with Gasteiger partial charge in [-0.1, -0.05) is 60.1 Å². The maximum absolute atomic E-state index is 6.31. The summed E-state index contributed by atoms with van der Waals surface area (Å²) in [5, 5.41) is 1.68. The van der Waals surface area contributed by atoms with Crippen LogP contribution < -0.4 is 5.73 Å². The van der Waals surface area contributed by atoms with E-state index in [0.29, 0.717) is 5.02 Å². The molecular weight excluding hydrogens is 288 g/mol. The Bertz CT molecular complexity index is 574. The molecule has 2 N–H and O–H groups in total. The molecule has 1 heterocycles. The Morgan fingerprint density at radius 2 is 2.10 bits per heavy atom. The number of pyridine rings is 1. The Hall–Kier alpha value is -1.03. The average molecular weight is 307 g/mol. The largest absolute Gasteiger partial charge is 0.326 e. The molecule has 4 heteroatoms. The number of benzene rings is 1. The molecule has 0 saturated heterocycles. The van der Waals surface area contributed by atoms with Gasteiger partial charge < -0.3 is 5.73 Å². The van der Waals surface area contributed by atoms with E-state index >= 15 is 0 Å². The van der Waals surface area contributed by atoms with Gasteiger partial charge in [-0.25, -0.2) is 4.98 Å². The van der Waals surface area contributed by atoms with Gasteiger partial charge in [0.05, 0.1) is 10.3 Å². The number of aromatic nitrogens is 1. The van der Waals surface area contributed by atoms with Gasteiger partial charge in [-0.15, -0.1) is 0 Å². The lowest BCUT2D eigenvalue weighted by molar-refractivity contribution is 0.633. The summed E-state index contributed by atoms with van der Waals surface area (Å²) in [7, 11) is 0. The van der Waals surface area contributed by atoms with Crippen molar-refractivity contribution in [3.05, 3.63) is 58.7 Å². The van der Waals surface area contributed by atoms with E-state index in [1.54, 1.807) is 18.0 Å². The van der Waals surface area contributed by atoms with Crippen LogP contribution >= 0.6 is 23.4 Å². The second kappa shape index (κ2) is 7.11. The Morgan fingerprint density at radius 3 is 2.75 bits per heavy atom. The zero-order valence-corrected chi connectivity index (χ0v) is 13.3. The van der Waals surface area contributed by atoms with Crippen LogP contribution in [0.1, 0.15) is 29.7 Å². The maximum Gasteiger partial charge on any atom is 0.115 e. The number of rotatable bonds is 5. The summed E-state index contributed by atoms with van der Waals surface area (Å²) in [5.41, 5.74) is 8.77. The summed E-state index contributed by atoms with van der Waals surface area (Å²) < 4.78 is 0. The summed E-state index contributed by atoms with van der Waals surface area (Å²) in [4.78, 5) is 4.36. The minimum Gasteiger partial charge on any atom is -0.326 e. The van der Waals surface area contributed by atoms with Gasteiger partial charge in [0.2, 0.25) is 0 Å². The number of aryl methyl sites for hydroxylation is 1. The van der Waals surface area contributed by atoms with Crippen molar-refractivity contribution >= 4 is 23.4 Å². The smallest absolute Gasteiger partial charge is 0.115 e. The summed E-state index contributed by atoms with van der Waals surface area (Å²) in [6.07, 6.45) is 2.68. The molecule has 2 rings (SSSR count). The Balaban J connectivity index is 2.31. The zero-order chi connectivity index (χ0) is 14.5. The molecule has 0 aliphatic rings. The number of nitrogens with two attached hydrogens (primary N) is 1. The first kappa shape index (κ1) is 15.4. The van der Waals surface area contributed by atoms with E-state index in [-0.39, 0.29) is 11.3 Å². The molecule has 2 unspecified atom stereocenters. The van der Waals surface area contributed by atoms with Gasteiger partial charge in [0.1, 0.15) is 5.03 Å². The topological polar surface area (TPSA) is 38.9 Å². The van der Waals surface area contributed by atoms with Crippen molar-refractivity contribution in [1.82, 2.24) is 4.98 Å². The van der Waals surface area contributed by atoms with Gasteiger partial charge in [-0.05, 0) is 31.0 Å². The number of thioether (sulfide) groups is 1. The van der Waals surface area contributed by atoms with Crippen LogP contribution in [0, 0.1) is 6.92 Å². The van der Waals surface area contributed by atoms with Crippen LogP contribution in [0.4, 0.5) is 0 Å². The lowest BCUT2D eigenvalue weighted by atomic mass is 10.0. The molecule has 0 aliphatic heterocycles. The molecule has 0 amide bonds. The summed E-state index contributed by atoms with van der Waals surface area (Å²) in [6.45, 7) is 4.20. The first-order chi connectivity index (χ1) is 9.61. The number of nitrogens with zero attached hydrogens (tertiary/aromatic N) is 1. The lowest BCUT2D eigenvalue weighted by Crippen LogP contribution is -2.25. The Morgan fingerprint density at radius 1 is 1.30 bits per heavy atom. The molecule has 0 fully saturated rings. The van der Waals surface area contributed by atoms with E-state index in [2.05, 4.69) is 43.1 Å². The molecule has 1 aromatic heterocycles. The van der Waals surface area contributed by atoms with Crippen LogP contribution in [0.5, 0.6) is 0 Å². The molecule has 0 aliphatic carbocycles. The predicted octanol–water partition coefficient (Wildman–Crippen LogP) is 4.61. The van der Waals surface area contributed by atoms with Crippen LogP contribution in [0.15, 0.2) is 47.6 Å². The fourth-order valence-electron chi connectivity index (χ4n) is 2.04. The molecule has 0 radical (unpaired) electrons. The van der Waals surface area contributed by atoms with Crippen molar-refractivity contribution in [3.63, 3.8) is 0 Å². The van der Waals surface area contributed by atoms with E-state index in [0.717, 1.165) is 11.4 Å². The highest BCUT2D eigenvalue weighted by molar-refractivity contribution is 7.99. The molecule has 2 aromatic rings. The van der Waals surface area contributed by atoms with Crippen molar-refractivity contribution in [2.45, 2.75) is 36.6 Å². The number of halogens is 1. The highest BCUT2D eigenvalue weighted by Gasteiger charge is 2.21. The van der Waals surface area contributed by atoms with E-state index in [1.165, 1.54) is 11.1 Å². The maximum atomic E-state index is 6.31. The summed E-state index contributed by atoms with van der Waals surface area (Å²) in [5.74, 6) is 0. The average Bonchev–Trinajstić information content (AvgIpc) is 2.45.